The molecule has 1 aliphatic rings. The molecule has 0 spiro atoms. The number of hydrogen-bond donors (Lipinski definition) is 0. The smallest absolute Gasteiger partial charge is 0.277 e. The van der Waals surface area contributed by atoms with Crippen molar-refractivity contribution in [1.29, 1.82) is 0 Å². The van der Waals surface area contributed by atoms with E-state index in [0.29, 0.717) is 36.2 Å². The highest BCUT2D eigenvalue weighted by atomic mass is 16.5. The Bertz CT molecular complexity index is 954. The van der Waals surface area contributed by atoms with Crippen molar-refractivity contribution in [3.8, 4) is 5.88 Å². The van der Waals surface area contributed by atoms with Gasteiger partial charge in [-0.25, -0.2) is 9.97 Å². The maximum absolute atomic E-state index is 12.9. The van der Waals surface area contributed by atoms with Crippen LogP contribution in [-0.2, 0) is 13.2 Å². The molecule has 0 saturated heterocycles. The van der Waals surface area contributed by atoms with Crippen molar-refractivity contribution in [1.82, 2.24) is 19.7 Å². The SMILES string of the molecule is CN(C)c1cccc(N2CCn3nc(COc4ccccn4)cc3C2=O)n1. The van der Waals surface area contributed by atoms with E-state index in [2.05, 4.69) is 15.1 Å². The van der Waals surface area contributed by atoms with Crippen LogP contribution >= 0.6 is 0 Å². The van der Waals surface area contributed by atoms with Gasteiger partial charge >= 0.3 is 0 Å². The van der Waals surface area contributed by atoms with Crippen molar-refractivity contribution >= 4 is 17.5 Å². The van der Waals surface area contributed by atoms with Crippen LogP contribution in [-0.4, -0.2) is 46.3 Å². The highest BCUT2D eigenvalue weighted by Gasteiger charge is 2.28. The van der Waals surface area contributed by atoms with Crippen molar-refractivity contribution in [2.45, 2.75) is 13.2 Å². The van der Waals surface area contributed by atoms with Gasteiger partial charge < -0.3 is 9.64 Å². The Morgan fingerprint density at radius 2 is 2.04 bits per heavy atom. The van der Waals surface area contributed by atoms with Crippen LogP contribution in [0.25, 0.3) is 0 Å². The zero-order valence-electron chi connectivity index (χ0n) is 15.2. The van der Waals surface area contributed by atoms with Gasteiger partial charge in [-0.1, -0.05) is 12.1 Å². The lowest BCUT2D eigenvalue weighted by Crippen LogP contribution is -2.41. The second-order valence-electron chi connectivity index (χ2n) is 6.41. The molecule has 0 N–H and O–H groups in total. The predicted octanol–water partition coefficient (Wildman–Crippen LogP) is 1.98. The van der Waals surface area contributed by atoms with Crippen LogP contribution in [0.1, 0.15) is 16.2 Å². The van der Waals surface area contributed by atoms with E-state index in [4.69, 9.17) is 4.74 Å². The first kappa shape index (κ1) is 17.0. The molecule has 4 rings (SSSR count). The molecule has 0 bridgehead atoms. The average molecular weight is 364 g/mol. The van der Waals surface area contributed by atoms with Gasteiger partial charge in [0.05, 0.1) is 6.54 Å². The van der Waals surface area contributed by atoms with E-state index in [0.717, 1.165) is 5.82 Å². The van der Waals surface area contributed by atoms with Gasteiger partial charge in [-0.15, -0.1) is 0 Å². The largest absolute Gasteiger partial charge is 0.471 e. The van der Waals surface area contributed by atoms with Gasteiger partial charge in [-0.2, -0.15) is 5.10 Å². The van der Waals surface area contributed by atoms with Crippen LogP contribution < -0.4 is 14.5 Å². The topological polar surface area (TPSA) is 76.4 Å². The van der Waals surface area contributed by atoms with Crippen molar-refractivity contribution in [2.75, 3.05) is 30.4 Å². The molecule has 0 unspecified atom stereocenters. The summed E-state index contributed by atoms with van der Waals surface area (Å²) < 4.78 is 7.36. The summed E-state index contributed by atoms with van der Waals surface area (Å²) in [6.45, 7) is 1.40. The number of fused-ring (bicyclic) bond motifs is 1. The number of rotatable bonds is 5. The molecule has 3 aromatic heterocycles. The lowest BCUT2D eigenvalue weighted by atomic mass is 10.2. The molecule has 0 saturated carbocycles. The molecule has 1 amide bonds. The standard InChI is InChI=1S/C19H20N6O2/c1-23(2)16-6-5-7-17(21-16)24-10-11-25-15(19(24)26)12-14(22-25)13-27-18-8-3-4-9-20-18/h3-9,12H,10-11,13H2,1-2H3. The Morgan fingerprint density at radius 3 is 2.81 bits per heavy atom. The third-order valence-corrected chi connectivity index (χ3v) is 4.29. The number of carbonyl (C=O) groups is 1. The monoisotopic (exact) mass is 364 g/mol. The lowest BCUT2D eigenvalue weighted by Gasteiger charge is -2.27. The molecular formula is C19H20N6O2. The fraction of sp³-hybridized carbons (Fsp3) is 0.263. The van der Waals surface area contributed by atoms with E-state index in [1.807, 2.05) is 49.3 Å². The van der Waals surface area contributed by atoms with E-state index < -0.39 is 0 Å². The summed E-state index contributed by atoms with van der Waals surface area (Å²) in [5.41, 5.74) is 1.23. The summed E-state index contributed by atoms with van der Waals surface area (Å²) in [7, 11) is 3.85. The average Bonchev–Trinajstić information content (AvgIpc) is 3.12. The molecular weight excluding hydrogens is 344 g/mol. The van der Waals surface area contributed by atoms with E-state index in [9.17, 15) is 4.79 Å². The number of pyridine rings is 2. The zero-order chi connectivity index (χ0) is 18.8. The fourth-order valence-corrected chi connectivity index (χ4v) is 2.93. The number of ether oxygens (including phenoxy) is 1. The molecule has 0 atom stereocenters. The highest BCUT2D eigenvalue weighted by molar-refractivity contribution is 6.05. The quantitative estimate of drug-likeness (QED) is 0.689. The minimum absolute atomic E-state index is 0.110. The first-order valence-electron chi connectivity index (χ1n) is 8.68. The molecule has 8 nitrogen and oxygen atoms in total. The van der Waals surface area contributed by atoms with Gasteiger partial charge in [0, 0.05) is 32.9 Å². The Kier molecular flexibility index (Phi) is 4.45. The van der Waals surface area contributed by atoms with Crippen molar-refractivity contribution in [2.24, 2.45) is 0 Å². The van der Waals surface area contributed by atoms with Crippen molar-refractivity contribution in [3.05, 3.63) is 60.0 Å². The first-order chi connectivity index (χ1) is 13.1. The Balaban J connectivity index is 1.52. The maximum Gasteiger partial charge on any atom is 0.277 e. The number of amides is 1. The molecule has 0 aromatic carbocycles. The van der Waals surface area contributed by atoms with E-state index in [-0.39, 0.29) is 12.5 Å². The maximum atomic E-state index is 12.9. The molecule has 0 fully saturated rings. The highest BCUT2D eigenvalue weighted by Crippen LogP contribution is 2.22. The molecule has 0 radical (unpaired) electrons. The van der Waals surface area contributed by atoms with Gasteiger partial charge in [0.25, 0.3) is 5.91 Å². The Labute approximate surface area is 157 Å². The summed E-state index contributed by atoms with van der Waals surface area (Å²) in [6, 6.07) is 12.9. The predicted molar refractivity (Wildman–Crippen MR) is 101 cm³/mol. The second-order valence-corrected chi connectivity index (χ2v) is 6.41. The number of carbonyl (C=O) groups excluding carboxylic acids is 1. The third kappa shape index (κ3) is 3.46. The molecule has 1 aliphatic heterocycles. The summed E-state index contributed by atoms with van der Waals surface area (Å²) in [4.78, 5) is 25.2. The molecule has 27 heavy (non-hydrogen) atoms. The lowest BCUT2D eigenvalue weighted by molar-refractivity contribution is 0.0961. The van der Waals surface area contributed by atoms with E-state index in [1.165, 1.54) is 0 Å². The number of hydrogen-bond acceptors (Lipinski definition) is 6. The van der Waals surface area contributed by atoms with Crippen LogP contribution in [0.4, 0.5) is 11.6 Å². The zero-order valence-corrected chi connectivity index (χ0v) is 15.2. The van der Waals surface area contributed by atoms with Gasteiger partial charge in [-0.3, -0.25) is 14.4 Å². The van der Waals surface area contributed by atoms with Crippen LogP contribution in [0.5, 0.6) is 5.88 Å². The first-order valence-corrected chi connectivity index (χ1v) is 8.68. The normalized spacial score (nSPS) is 13.4. The Hall–Kier alpha value is -3.42. The molecule has 138 valence electrons. The van der Waals surface area contributed by atoms with Gasteiger partial charge in [-0.05, 0) is 24.3 Å². The summed E-state index contributed by atoms with van der Waals surface area (Å²) in [6.07, 6.45) is 1.67. The number of nitrogens with zero attached hydrogens (tertiary/aromatic N) is 6. The van der Waals surface area contributed by atoms with Crippen molar-refractivity contribution in [3.63, 3.8) is 0 Å². The van der Waals surface area contributed by atoms with Crippen LogP contribution in [0.3, 0.4) is 0 Å². The fourth-order valence-electron chi connectivity index (χ4n) is 2.93. The van der Waals surface area contributed by atoms with Gasteiger partial charge in [0.2, 0.25) is 5.88 Å². The minimum Gasteiger partial charge on any atom is -0.471 e. The Morgan fingerprint density at radius 1 is 1.15 bits per heavy atom. The minimum atomic E-state index is -0.110. The van der Waals surface area contributed by atoms with Crippen LogP contribution in [0.2, 0.25) is 0 Å². The van der Waals surface area contributed by atoms with Crippen LogP contribution in [0.15, 0.2) is 48.7 Å². The number of aromatic nitrogens is 4. The molecule has 3 aromatic rings. The molecule has 0 aliphatic carbocycles. The molecule has 8 heteroatoms. The summed E-state index contributed by atoms with van der Waals surface area (Å²) in [5, 5.41) is 4.48. The third-order valence-electron chi connectivity index (χ3n) is 4.29. The van der Waals surface area contributed by atoms with Gasteiger partial charge in [0.15, 0.2) is 0 Å². The van der Waals surface area contributed by atoms with Crippen molar-refractivity contribution < 1.29 is 9.53 Å². The van der Waals surface area contributed by atoms with Gasteiger partial charge in [0.1, 0.15) is 29.6 Å². The van der Waals surface area contributed by atoms with Crippen LogP contribution in [0, 0.1) is 0 Å². The second kappa shape index (κ2) is 7.06. The summed E-state index contributed by atoms with van der Waals surface area (Å²) in [5.74, 6) is 1.87. The summed E-state index contributed by atoms with van der Waals surface area (Å²) >= 11 is 0. The van der Waals surface area contributed by atoms with E-state index in [1.54, 1.807) is 27.9 Å². The number of anilines is 2. The van der Waals surface area contributed by atoms with E-state index >= 15 is 0 Å². The molecule has 4 heterocycles.